The number of rotatable bonds is 10. The van der Waals surface area contributed by atoms with Gasteiger partial charge in [0.2, 0.25) is 11.8 Å². The van der Waals surface area contributed by atoms with Crippen LogP contribution in [-0.4, -0.2) is 71.7 Å². The molecule has 5 atom stereocenters. The number of benzene rings is 2. The van der Waals surface area contributed by atoms with E-state index in [1.165, 1.54) is 4.90 Å². The molecule has 0 aliphatic carbocycles. The highest BCUT2D eigenvalue weighted by Gasteiger charge is 2.43. The van der Waals surface area contributed by atoms with E-state index in [1.807, 2.05) is 30.3 Å². The number of nitrogens with zero attached hydrogens (tertiary/aromatic N) is 1. The summed E-state index contributed by atoms with van der Waals surface area (Å²) in [5.74, 6) is -3.86. The minimum atomic E-state index is -5.06. The van der Waals surface area contributed by atoms with Crippen LogP contribution < -0.4 is 10.6 Å². The van der Waals surface area contributed by atoms with Crippen molar-refractivity contribution >= 4 is 23.5 Å². The van der Waals surface area contributed by atoms with Gasteiger partial charge < -0.3 is 20.6 Å². The molecule has 3 N–H and O–H groups in total. The Kier molecular flexibility index (Phi) is 9.21. The van der Waals surface area contributed by atoms with Gasteiger partial charge in [-0.2, -0.15) is 0 Å². The lowest BCUT2D eigenvalue weighted by Gasteiger charge is -2.28. The Morgan fingerprint density at radius 2 is 1.73 bits per heavy atom. The minimum absolute atomic E-state index is 0.103. The summed E-state index contributed by atoms with van der Waals surface area (Å²) in [6.07, 6.45) is -6.31. The van der Waals surface area contributed by atoms with Crippen LogP contribution in [0, 0.1) is 5.92 Å². The van der Waals surface area contributed by atoms with Crippen molar-refractivity contribution in [2.75, 3.05) is 19.7 Å². The molecule has 2 aromatic carbocycles. The fraction of sp³-hybridized carbons (Fsp3) is 0.429. The first kappa shape index (κ1) is 29.2. The fourth-order valence-corrected chi connectivity index (χ4v) is 5.18. The van der Waals surface area contributed by atoms with Crippen LogP contribution >= 0.6 is 0 Å². The number of nitrogens with one attached hydrogen (secondary N) is 2. The van der Waals surface area contributed by atoms with E-state index < -0.39 is 54.7 Å². The van der Waals surface area contributed by atoms with E-state index in [-0.39, 0.29) is 31.2 Å². The summed E-state index contributed by atoms with van der Waals surface area (Å²) < 4.78 is 41.5. The van der Waals surface area contributed by atoms with E-state index >= 15 is 0 Å². The molecule has 2 heterocycles. The highest BCUT2D eigenvalue weighted by Crippen LogP contribution is 2.34. The van der Waals surface area contributed by atoms with E-state index in [1.54, 1.807) is 30.3 Å². The average molecular weight is 562 g/mol. The Hall–Kier alpha value is -3.77. The van der Waals surface area contributed by atoms with Crippen molar-refractivity contribution in [2.45, 2.75) is 49.7 Å². The van der Waals surface area contributed by atoms with Gasteiger partial charge in [0.05, 0.1) is 6.04 Å². The Labute approximate surface area is 228 Å². The number of amides is 3. The van der Waals surface area contributed by atoms with Gasteiger partial charge in [0, 0.05) is 24.9 Å². The second-order valence-electron chi connectivity index (χ2n) is 9.94. The van der Waals surface area contributed by atoms with E-state index in [9.17, 15) is 37.5 Å². The third kappa shape index (κ3) is 7.24. The van der Waals surface area contributed by atoms with Crippen LogP contribution in [0.4, 0.5) is 13.2 Å². The second kappa shape index (κ2) is 12.6. The van der Waals surface area contributed by atoms with Crippen LogP contribution in [0.3, 0.4) is 0 Å². The summed E-state index contributed by atoms with van der Waals surface area (Å²) in [6.45, 7) is -0.889. The van der Waals surface area contributed by atoms with Gasteiger partial charge in [-0.05, 0) is 30.4 Å². The molecule has 0 spiro atoms. The van der Waals surface area contributed by atoms with Crippen molar-refractivity contribution in [3.05, 3.63) is 71.8 Å². The Bertz CT molecular complexity index is 1210. The highest BCUT2D eigenvalue weighted by atomic mass is 19.4. The predicted molar refractivity (Wildman–Crippen MR) is 135 cm³/mol. The van der Waals surface area contributed by atoms with Crippen molar-refractivity contribution in [3.63, 3.8) is 0 Å². The first-order chi connectivity index (χ1) is 19.0. The molecule has 40 heavy (non-hydrogen) atoms. The van der Waals surface area contributed by atoms with Crippen LogP contribution in [0.25, 0.3) is 0 Å². The molecule has 214 valence electrons. The second-order valence-corrected chi connectivity index (χ2v) is 9.94. The van der Waals surface area contributed by atoms with Gasteiger partial charge in [-0.1, -0.05) is 60.7 Å². The molecule has 12 heteroatoms. The Morgan fingerprint density at radius 3 is 2.33 bits per heavy atom. The molecule has 2 aliphatic heterocycles. The van der Waals surface area contributed by atoms with E-state index in [0.29, 0.717) is 18.5 Å². The van der Waals surface area contributed by atoms with Crippen LogP contribution in [-0.2, 0) is 23.9 Å². The zero-order valence-electron chi connectivity index (χ0n) is 21.5. The monoisotopic (exact) mass is 561 g/mol. The minimum Gasteiger partial charge on any atom is -0.378 e. The number of halogens is 3. The number of aliphatic hydroxyl groups excluding tert-OH is 1. The van der Waals surface area contributed by atoms with Crippen molar-refractivity contribution < 1.29 is 42.2 Å². The molecule has 4 rings (SSSR count). The molecule has 2 fully saturated rings. The standard InChI is InChI=1S/C28H30F3N3O6/c29-28(30,31)40-16-23(35)21(13-19-11-12-32-25(19)37)33-26(38)22-14-20(17-7-3-1-4-8-17)15-34(22)27(39)24(36)18-9-5-2-6-10-18/h1-10,19-22,24,36H,11-16H2,(H,32,37)(H,33,38)/t19-,20+,21-,22-,24-/m0/s1. The lowest BCUT2D eigenvalue weighted by Crippen LogP contribution is -2.53. The molecule has 0 unspecified atom stereocenters. The van der Waals surface area contributed by atoms with Crippen molar-refractivity contribution in [1.29, 1.82) is 0 Å². The lowest BCUT2D eigenvalue weighted by molar-refractivity contribution is -0.321. The molecule has 0 bridgehead atoms. The predicted octanol–water partition coefficient (Wildman–Crippen LogP) is 2.22. The number of ether oxygens (including phenoxy) is 1. The SMILES string of the molecule is O=C1NCC[C@H]1C[C@H](NC(=O)[C@@H]1C[C@@H](c2ccccc2)CN1C(=O)[C@@H](O)c1ccccc1)C(=O)COC(F)(F)F. The number of alkyl halides is 3. The normalized spacial score (nSPS) is 22.4. The number of likely N-dealkylation sites (tertiary alicyclic amines) is 1. The number of hydrogen-bond acceptors (Lipinski definition) is 6. The summed E-state index contributed by atoms with van der Waals surface area (Å²) >= 11 is 0. The van der Waals surface area contributed by atoms with Crippen LogP contribution in [0.1, 0.15) is 42.4 Å². The number of ketones is 1. The Morgan fingerprint density at radius 1 is 1.07 bits per heavy atom. The molecule has 0 saturated carbocycles. The Balaban J connectivity index is 1.56. The molecule has 9 nitrogen and oxygen atoms in total. The van der Waals surface area contributed by atoms with Crippen LogP contribution in [0.5, 0.6) is 0 Å². The van der Waals surface area contributed by atoms with Crippen molar-refractivity contribution in [3.8, 4) is 0 Å². The van der Waals surface area contributed by atoms with Gasteiger partial charge in [-0.15, -0.1) is 13.2 Å². The fourth-order valence-electron chi connectivity index (χ4n) is 5.18. The van der Waals surface area contributed by atoms with E-state index in [4.69, 9.17) is 0 Å². The zero-order valence-corrected chi connectivity index (χ0v) is 21.5. The maximum absolute atomic E-state index is 13.6. The van der Waals surface area contributed by atoms with Crippen molar-refractivity contribution in [1.82, 2.24) is 15.5 Å². The largest absolute Gasteiger partial charge is 0.522 e. The number of aliphatic hydroxyl groups is 1. The highest BCUT2D eigenvalue weighted by molar-refractivity contribution is 5.95. The molecular formula is C28H30F3N3O6. The topological polar surface area (TPSA) is 125 Å². The number of carbonyl (C=O) groups is 4. The van der Waals surface area contributed by atoms with Gasteiger partial charge in [-0.25, -0.2) is 0 Å². The van der Waals surface area contributed by atoms with Crippen molar-refractivity contribution in [2.24, 2.45) is 5.92 Å². The van der Waals surface area contributed by atoms with Crippen LogP contribution in [0.2, 0.25) is 0 Å². The maximum Gasteiger partial charge on any atom is 0.522 e. The van der Waals surface area contributed by atoms with Gasteiger partial charge in [0.15, 0.2) is 11.9 Å². The first-order valence-electron chi connectivity index (χ1n) is 12.9. The summed E-state index contributed by atoms with van der Waals surface area (Å²) in [6, 6.07) is 14.8. The van der Waals surface area contributed by atoms with Crippen LogP contribution in [0.15, 0.2) is 60.7 Å². The summed E-state index contributed by atoms with van der Waals surface area (Å²) in [5, 5.41) is 15.9. The quantitative estimate of drug-likeness (QED) is 0.409. The molecule has 2 saturated heterocycles. The summed E-state index contributed by atoms with van der Waals surface area (Å²) in [5.41, 5.74) is 1.19. The lowest BCUT2D eigenvalue weighted by atomic mass is 9.94. The van der Waals surface area contributed by atoms with Gasteiger partial charge in [-0.3, -0.25) is 23.9 Å². The molecule has 2 aliphatic rings. The number of hydrogen-bond donors (Lipinski definition) is 3. The van der Waals surface area contributed by atoms with Gasteiger partial charge in [0.1, 0.15) is 12.6 Å². The van der Waals surface area contributed by atoms with E-state index in [0.717, 1.165) is 5.56 Å². The molecule has 0 aromatic heterocycles. The first-order valence-corrected chi connectivity index (χ1v) is 12.9. The maximum atomic E-state index is 13.6. The van der Waals surface area contributed by atoms with Gasteiger partial charge in [0.25, 0.3) is 5.91 Å². The third-order valence-corrected chi connectivity index (χ3v) is 7.27. The van der Waals surface area contributed by atoms with E-state index in [2.05, 4.69) is 15.4 Å². The molecular weight excluding hydrogens is 531 g/mol. The summed E-state index contributed by atoms with van der Waals surface area (Å²) in [4.78, 5) is 53.1. The summed E-state index contributed by atoms with van der Waals surface area (Å²) in [7, 11) is 0. The van der Waals surface area contributed by atoms with Gasteiger partial charge >= 0.3 is 6.36 Å². The number of carbonyl (C=O) groups excluding carboxylic acids is 4. The third-order valence-electron chi connectivity index (χ3n) is 7.27. The average Bonchev–Trinajstić information content (AvgIpc) is 3.57. The molecule has 2 aromatic rings. The molecule has 3 amide bonds. The zero-order chi connectivity index (χ0) is 28.9. The molecule has 0 radical (unpaired) electrons. The smallest absolute Gasteiger partial charge is 0.378 e. The number of Topliss-reactive ketones (excluding diaryl/α,β-unsaturated/α-hetero) is 1.